The summed E-state index contributed by atoms with van der Waals surface area (Å²) < 4.78 is 19.4. The third-order valence-corrected chi connectivity index (χ3v) is 3.55. The van der Waals surface area contributed by atoms with Crippen molar-refractivity contribution in [3.05, 3.63) is 40.7 Å². The Bertz CT molecular complexity index is 744. The number of ether oxygens (including phenoxy) is 1. The molecule has 0 unspecified atom stereocenters. The molecule has 0 saturated carbocycles. The standard InChI is InChI=1S/C15H18FN3O3/c1-10(8-22-3)18(2)14(20)7-19-9-17-13-5-4-11(16)6-12(13)15(19)21/h4-6,9-10H,7-8H2,1-3H3/t10-/m1/s1. The number of likely N-dealkylation sites (N-methyl/N-ethyl adjacent to an activating group) is 1. The van der Waals surface area contributed by atoms with E-state index in [0.29, 0.717) is 12.1 Å². The lowest BCUT2D eigenvalue weighted by Crippen LogP contribution is -2.41. The number of hydrogen-bond acceptors (Lipinski definition) is 4. The zero-order valence-electron chi connectivity index (χ0n) is 12.7. The average molecular weight is 307 g/mol. The number of aromatic nitrogens is 2. The Kier molecular flexibility index (Phi) is 4.87. The number of methoxy groups -OCH3 is 1. The summed E-state index contributed by atoms with van der Waals surface area (Å²) in [5, 5.41) is 0.155. The first-order valence-corrected chi connectivity index (χ1v) is 6.83. The van der Waals surface area contributed by atoms with Gasteiger partial charge in [-0.15, -0.1) is 0 Å². The van der Waals surface area contributed by atoms with Crippen LogP contribution in [0.15, 0.2) is 29.3 Å². The summed E-state index contributed by atoms with van der Waals surface area (Å²) in [7, 11) is 3.20. The van der Waals surface area contributed by atoms with E-state index in [-0.39, 0.29) is 23.9 Å². The maximum absolute atomic E-state index is 13.3. The number of hydrogen-bond donors (Lipinski definition) is 0. The predicted octanol–water partition coefficient (Wildman–Crippen LogP) is 1.03. The quantitative estimate of drug-likeness (QED) is 0.827. The van der Waals surface area contributed by atoms with Crippen molar-refractivity contribution in [1.82, 2.24) is 14.5 Å². The van der Waals surface area contributed by atoms with E-state index in [2.05, 4.69) is 4.98 Å². The molecule has 1 aromatic heterocycles. The molecule has 1 heterocycles. The van der Waals surface area contributed by atoms with E-state index in [0.717, 1.165) is 6.07 Å². The first kappa shape index (κ1) is 16.1. The van der Waals surface area contributed by atoms with Gasteiger partial charge in [0.25, 0.3) is 5.56 Å². The Balaban J connectivity index is 2.26. The fraction of sp³-hybridized carbons (Fsp3) is 0.400. The predicted molar refractivity (Wildman–Crippen MR) is 80.1 cm³/mol. The molecule has 1 amide bonds. The number of rotatable bonds is 5. The van der Waals surface area contributed by atoms with Gasteiger partial charge < -0.3 is 9.64 Å². The van der Waals surface area contributed by atoms with Crippen LogP contribution < -0.4 is 5.56 Å². The highest BCUT2D eigenvalue weighted by atomic mass is 19.1. The van der Waals surface area contributed by atoms with Crippen LogP contribution in [0.25, 0.3) is 10.9 Å². The van der Waals surface area contributed by atoms with E-state index in [1.807, 2.05) is 6.92 Å². The monoisotopic (exact) mass is 307 g/mol. The van der Waals surface area contributed by atoms with Crippen LogP contribution in [0.5, 0.6) is 0 Å². The Morgan fingerprint density at radius 3 is 2.91 bits per heavy atom. The summed E-state index contributed by atoms with van der Waals surface area (Å²) in [6.07, 6.45) is 1.30. The fourth-order valence-corrected chi connectivity index (χ4v) is 2.10. The second kappa shape index (κ2) is 6.65. The third kappa shape index (κ3) is 3.30. The molecule has 118 valence electrons. The van der Waals surface area contributed by atoms with E-state index in [4.69, 9.17) is 4.74 Å². The number of fused-ring (bicyclic) bond motifs is 1. The van der Waals surface area contributed by atoms with Crippen molar-refractivity contribution in [2.24, 2.45) is 0 Å². The van der Waals surface area contributed by atoms with Gasteiger partial charge in [0.2, 0.25) is 5.91 Å². The number of nitrogens with zero attached hydrogens (tertiary/aromatic N) is 3. The van der Waals surface area contributed by atoms with Gasteiger partial charge in [0, 0.05) is 14.2 Å². The second-order valence-corrected chi connectivity index (χ2v) is 5.15. The first-order valence-electron chi connectivity index (χ1n) is 6.83. The summed E-state index contributed by atoms with van der Waals surface area (Å²) in [6.45, 7) is 2.10. The molecule has 1 aromatic carbocycles. The van der Waals surface area contributed by atoms with E-state index in [1.165, 1.54) is 27.9 Å². The van der Waals surface area contributed by atoms with Gasteiger partial charge in [-0.2, -0.15) is 0 Å². The van der Waals surface area contributed by atoms with Crippen LogP contribution in [0.3, 0.4) is 0 Å². The molecule has 22 heavy (non-hydrogen) atoms. The van der Waals surface area contributed by atoms with Crippen molar-refractivity contribution in [2.75, 3.05) is 20.8 Å². The highest BCUT2D eigenvalue weighted by molar-refractivity contribution is 5.79. The molecule has 0 aliphatic rings. The van der Waals surface area contributed by atoms with Gasteiger partial charge >= 0.3 is 0 Å². The number of halogens is 1. The number of carbonyl (C=O) groups is 1. The summed E-state index contributed by atoms with van der Waals surface area (Å²) in [5.74, 6) is -0.759. The van der Waals surface area contributed by atoms with Gasteiger partial charge in [-0.1, -0.05) is 0 Å². The summed E-state index contributed by atoms with van der Waals surface area (Å²) in [6, 6.07) is 3.69. The first-order chi connectivity index (χ1) is 10.4. The smallest absolute Gasteiger partial charge is 0.261 e. The van der Waals surface area contributed by atoms with Crippen LogP contribution in [0.2, 0.25) is 0 Å². The maximum atomic E-state index is 13.3. The van der Waals surface area contributed by atoms with E-state index in [9.17, 15) is 14.0 Å². The van der Waals surface area contributed by atoms with Crippen molar-refractivity contribution < 1.29 is 13.9 Å². The molecule has 0 N–H and O–H groups in total. The van der Waals surface area contributed by atoms with Crippen LogP contribution in [0.1, 0.15) is 6.92 Å². The zero-order chi connectivity index (χ0) is 16.3. The minimum Gasteiger partial charge on any atom is -0.383 e. The molecule has 0 aliphatic heterocycles. The molecule has 0 bridgehead atoms. The van der Waals surface area contributed by atoms with Crippen molar-refractivity contribution >= 4 is 16.8 Å². The van der Waals surface area contributed by atoms with E-state index >= 15 is 0 Å². The van der Waals surface area contributed by atoms with Gasteiger partial charge in [0.1, 0.15) is 12.4 Å². The van der Waals surface area contributed by atoms with Crippen LogP contribution in [0, 0.1) is 5.82 Å². The van der Waals surface area contributed by atoms with Gasteiger partial charge in [0.05, 0.1) is 29.9 Å². The van der Waals surface area contributed by atoms with Crippen LogP contribution in [-0.2, 0) is 16.1 Å². The van der Waals surface area contributed by atoms with Gasteiger partial charge in [0.15, 0.2) is 0 Å². The molecular formula is C15H18FN3O3. The van der Waals surface area contributed by atoms with Gasteiger partial charge in [-0.05, 0) is 25.1 Å². The average Bonchev–Trinajstić information content (AvgIpc) is 2.50. The Morgan fingerprint density at radius 2 is 2.23 bits per heavy atom. The van der Waals surface area contributed by atoms with Gasteiger partial charge in [-0.25, -0.2) is 9.37 Å². The number of amides is 1. The number of benzene rings is 1. The number of carbonyl (C=O) groups excluding carboxylic acids is 1. The topological polar surface area (TPSA) is 64.4 Å². The Morgan fingerprint density at radius 1 is 1.50 bits per heavy atom. The zero-order valence-corrected chi connectivity index (χ0v) is 12.7. The highest BCUT2D eigenvalue weighted by Gasteiger charge is 2.17. The third-order valence-electron chi connectivity index (χ3n) is 3.55. The Hall–Kier alpha value is -2.28. The molecule has 0 fully saturated rings. The minimum absolute atomic E-state index is 0.112. The lowest BCUT2D eigenvalue weighted by molar-refractivity contribution is -0.133. The molecule has 2 rings (SSSR count). The minimum atomic E-state index is -0.513. The van der Waals surface area contributed by atoms with Gasteiger partial charge in [-0.3, -0.25) is 14.2 Å². The van der Waals surface area contributed by atoms with E-state index in [1.54, 1.807) is 14.2 Å². The maximum Gasteiger partial charge on any atom is 0.261 e. The van der Waals surface area contributed by atoms with Crippen LogP contribution >= 0.6 is 0 Å². The van der Waals surface area contributed by atoms with E-state index < -0.39 is 11.4 Å². The molecule has 1 atom stereocenters. The molecule has 2 aromatic rings. The van der Waals surface area contributed by atoms with Crippen molar-refractivity contribution in [3.63, 3.8) is 0 Å². The molecule has 0 saturated heterocycles. The molecule has 7 heteroatoms. The molecule has 0 radical (unpaired) electrons. The molecular weight excluding hydrogens is 289 g/mol. The summed E-state index contributed by atoms with van der Waals surface area (Å²) in [4.78, 5) is 30.1. The SMILES string of the molecule is COC[C@@H](C)N(C)C(=O)Cn1cnc2ccc(F)cc2c1=O. The summed E-state index contributed by atoms with van der Waals surface area (Å²) in [5.41, 5.74) is -0.0400. The summed E-state index contributed by atoms with van der Waals surface area (Å²) >= 11 is 0. The van der Waals surface area contributed by atoms with Crippen molar-refractivity contribution in [2.45, 2.75) is 19.5 Å². The highest BCUT2D eigenvalue weighted by Crippen LogP contribution is 2.08. The lowest BCUT2D eigenvalue weighted by atomic mass is 10.2. The molecule has 0 aliphatic carbocycles. The van der Waals surface area contributed by atoms with Crippen molar-refractivity contribution in [3.8, 4) is 0 Å². The molecule has 0 spiro atoms. The van der Waals surface area contributed by atoms with Crippen LogP contribution in [0.4, 0.5) is 4.39 Å². The largest absolute Gasteiger partial charge is 0.383 e. The van der Waals surface area contributed by atoms with Crippen molar-refractivity contribution in [1.29, 1.82) is 0 Å². The fourth-order valence-electron chi connectivity index (χ4n) is 2.10. The Labute approximate surface area is 127 Å². The second-order valence-electron chi connectivity index (χ2n) is 5.15. The normalized spacial score (nSPS) is 12.4. The lowest BCUT2D eigenvalue weighted by Gasteiger charge is -2.24. The van der Waals surface area contributed by atoms with Crippen LogP contribution in [-0.4, -0.2) is 47.2 Å². The molecule has 6 nitrogen and oxygen atoms in total.